The van der Waals surface area contributed by atoms with Gasteiger partial charge >= 0.3 is 5.97 Å². The summed E-state index contributed by atoms with van der Waals surface area (Å²) in [5, 5.41) is 2.68. The van der Waals surface area contributed by atoms with E-state index in [1.807, 2.05) is 62.4 Å². The predicted octanol–water partition coefficient (Wildman–Crippen LogP) is 3.05. The van der Waals surface area contributed by atoms with E-state index < -0.39 is 5.97 Å². The summed E-state index contributed by atoms with van der Waals surface area (Å²) in [6, 6.07) is 17.2. The molecule has 25 heavy (non-hydrogen) atoms. The van der Waals surface area contributed by atoms with E-state index in [1.54, 1.807) is 6.07 Å². The number of benzene rings is 2. The van der Waals surface area contributed by atoms with E-state index in [1.165, 1.54) is 0 Å². The maximum Gasteiger partial charge on any atom is 0.344 e. The number of hydrogen-bond donors (Lipinski definition) is 1. The second kappa shape index (κ2) is 9.47. The topological polar surface area (TPSA) is 64.6 Å². The van der Waals surface area contributed by atoms with Gasteiger partial charge in [0.05, 0.1) is 0 Å². The zero-order chi connectivity index (χ0) is 18.1. The van der Waals surface area contributed by atoms with Crippen molar-refractivity contribution in [1.82, 2.24) is 5.32 Å². The summed E-state index contributed by atoms with van der Waals surface area (Å²) >= 11 is 0. The smallest absolute Gasteiger partial charge is 0.344 e. The highest BCUT2D eigenvalue weighted by atomic mass is 16.6. The van der Waals surface area contributed by atoms with E-state index in [4.69, 9.17) is 9.47 Å². The lowest BCUT2D eigenvalue weighted by molar-refractivity contribution is -0.150. The van der Waals surface area contributed by atoms with Crippen LogP contribution in [0.5, 0.6) is 5.75 Å². The summed E-state index contributed by atoms with van der Waals surface area (Å²) in [4.78, 5) is 23.3. The summed E-state index contributed by atoms with van der Waals surface area (Å²) in [7, 11) is 0. The van der Waals surface area contributed by atoms with Crippen molar-refractivity contribution < 1.29 is 19.1 Å². The van der Waals surface area contributed by atoms with Crippen LogP contribution in [0.4, 0.5) is 0 Å². The predicted molar refractivity (Wildman–Crippen MR) is 96.2 cm³/mol. The Hall–Kier alpha value is -2.82. The molecule has 5 nitrogen and oxygen atoms in total. The molecule has 0 saturated heterocycles. The van der Waals surface area contributed by atoms with Gasteiger partial charge in [0.2, 0.25) is 0 Å². The van der Waals surface area contributed by atoms with Crippen LogP contribution < -0.4 is 10.1 Å². The lowest BCUT2D eigenvalue weighted by atomic mass is 10.1. The molecule has 2 aromatic rings. The zero-order valence-corrected chi connectivity index (χ0v) is 14.5. The van der Waals surface area contributed by atoms with Gasteiger partial charge in [0.25, 0.3) is 5.91 Å². The third-order valence-corrected chi connectivity index (χ3v) is 3.39. The first-order valence-corrected chi connectivity index (χ1v) is 8.26. The first-order chi connectivity index (χ1) is 12.1. The molecule has 0 radical (unpaired) electrons. The molecule has 0 atom stereocenters. The molecule has 1 N–H and O–H groups in total. The summed E-state index contributed by atoms with van der Waals surface area (Å²) < 4.78 is 10.5. The van der Waals surface area contributed by atoms with E-state index in [0.717, 1.165) is 11.1 Å². The average Bonchev–Trinajstić information content (AvgIpc) is 2.64. The second-order valence-electron chi connectivity index (χ2n) is 6.01. The molecule has 2 rings (SSSR count). The second-order valence-corrected chi connectivity index (χ2v) is 6.01. The molecule has 0 aliphatic heterocycles. The summed E-state index contributed by atoms with van der Waals surface area (Å²) in [6.45, 7) is 3.99. The van der Waals surface area contributed by atoms with Gasteiger partial charge in [0, 0.05) is 12.1 Å². The summed E-state index contributed by atoms with van der Waals surface area (Å²) in [6.07, 6.45) is 0. The number of hydrogen-bond acceptors (Lipinski definition) is 4. The molecule has 0 aromatic heterocycles. The fourth-order valence-corrected chi connectivity index (χ4v) is 2.14. The highest BCUT2D eigenvalue weighted by molar-refractivity contribution is 5.81. The minimum atomic E-state index is -0.581. The largest absolute Gasteiger partial charge is 0.481 e. The number of nitrogens with one attached hydrogen (secondary N) is 1. The minimum absolute atomic E-state index is 0.249. The van der Waals surface area contributed by atoms with Crippen LogP contribution in [0.2, 0.25) is 0 Å². The normalized spacial score (nSPS) is 10.4. The van der Waals surface area contributed by atoms with Gasteiger partial charge in [0.1, 0.15) is 5.75 Å². The standard InChI is InChI=1S/C20H23NO4/c1-15(2)12-21-19(22)13-25-20(23)14-24-18-11-7-6-10-17(18)16-8-4-3-5-9-16/h3-11,15H,12-14H2,1-2H3,(H,21,22). The van der Waals surface area contributed by atoms with Crippen LogP contribution in [0.1, 0.15) is 13.8 Å². The first kappa shape index (κ1) is 18.5. The lowest BCUT2D eigenvalue weighted by Gasteiger charge is -2.12. The first-order valence-electron chi connectivity index (χ1n) is 8.26. The molecule has 0 aliphatic carbocycles. The van der Waals surface area contributed by atoms with Crippen molar-refractivity contribution in [3.63, 3.8) is 0 Å². The Balaban J connectivity index is 1.85. The monoisotopic (exact) mass is 341 g/mol. The van der Waals surface area contributed by atoms with Crippen LogP contribution in [0.15, 0.2) is 54.6 Å². The Morgan fingerprint density at radius 2 is 1.64 bits per heavy atom. The number of ether oxygens (including phenoxy) is 2. The van der Waals surface area contributed by atoms with Gasteiger partial charge in [-0.05, 0) is 17.5 Å². The minimum Gasteiger partial charge on any atom is -0.481 e. The van der Waals surface area contributed by atoms with Gasteiger partial charge < -0.3 is 14.8 Å². The average molecular weight is 341 g/mol. The van der Waals surface area contributed by atoms with Crippen LogP contribution in [-0.2, 0) is 14.3 Å². The number of rotatable bonds is 8. The van der Waals surface area contributed by atoms with E-state index in [0.29, 0.717) is 18.2 Å². The van der Waals surface area contributed by atoms with Crippen molar-refractivity contribution >= 4 is 11.9 Å². The van der Waals surface area contributed by atoms with Crippen LogP contribution >= 0.6 is 0 Å². The van der Waals surface area contributed by atoms with Crippen molar-refractivity contribution in [2.45, 2.75) is 13.8 Å². The Kier molecular flexibility index (Phi) is 7.01. The number of amides is 1. The van der Waals surface area contributed by atoms with Crippen molar-refractivity contribution in [2.24, 2.45) is 5.92 Å². The van der Waals surface area contributed by atoms with Crippen LogP contribution in [0.25, 0.3) is 11.1 Å². The van der Waals surface area contributed by atoms with E-state index >= 15 is 0 Å². The number of carbonyl (C=O) groups excluding carboxylic acids is 2. The number of para-hydroxylation sites is 1. The molecule has 1 amide bonds. The summed E-state index contributed by atoms with van der Waals surface area (Å²) in [5.41, 5.74) is 1.89. The van der Waals surface area contributed by atoms with Crippen molar-refractivity contribution in [3.05, 3.63) is 54.6 Å². The molecule has 132 valence electrons. The molecule has 0 spiro atoms. The molecule has 0 unspecified atom stereocenters. The molecular weight excluding hydrogens is 318 g/mol. The third kappa shape index (κ3) is 6.30. The van der Waals surface area contributed by atoms with Gasteiger partial charge in [-0.2, -0.15) is 0 Å². The number of carbonyl (C=O) groups is 2. The van der Waals surface area contributed by atoms with E-state index in [2.05, 4.69) is 5.32 Å². The van der Waals surface area contributed by atoms with Crippen molar-refractivity contribution in [2.75, 3.05) is 19.8 Å². The fraction of sp³-hybridized carbons (Fsp3) is 0.300. The maximum absolute atomic E-state index is 11.8. The molecule has 0 heterocycles. The number of esters is 1. The Labute approximate surface area is 148 Å². The highest BCUT2D eigenvalue weighted by Crippen LogP contribution is 2.29. The van der Waals surface area contributed by atoms with Gasteiger partial charge in [-0.25, -0.2) is 4.79 Å². The van der Waals surface area contributed by atoms with E-state index in [9.17, 15) is 9.59 Å². The molecule has 0 fully saturated rings. The Morgan fingerprint density at radius 1 is 0.960 bits per heavy atom. The zero-order valence-electron chi connectivity index (χ0n) is 14.5. The Morgan fingerprint density at radius 3 is 2.36 bits per heavy atom. The van der Waals surface area contributed by atoms with Crippen molar-refractivity contribution in [3.8, 4) is 16.9 Å². The maximum atomic E-state index is 11.8. The molecule has 2 aromatic carbocycles. The molecule has 0 aliphatic rings. The quantitative estimate of drug-likeness (QED) is 0.750. The van der Waals surface area contributed by atoms with Gasteiger partial charge in [-0.3, -0.25) is 4.79 Å². The van der Waals surface area contributed by atoms with Crippen molar-refractivity contribution in [1.29, 1.82) is 0 Å². The molecule has 5 heteroatoms. The summed E-state index contributed by atoms with van der Waals surface area (Å²) in [5.74, 6) is 0.0432. The van der Waals surface area contributed by atoms with Crippen LogP contribution in [-0.4, -0.2) is 31.6 Å². The van der Waals surface area contributed by atoms with Crippen LogP contribution in [0.3, 0.4) is 0 Å². The van der Waals surface area contributed by atoms with Gasteiger partial charge in [-0.15, -0.1) is 0 Å². The molecule has 0 bridgehead atoms. The third-order valence-electron chi connectivity index (χ3n) is 3.39. The highest BCUT2D eigenvalue weighted by Gasteiger charge is 2.11. The van der Waals surface area contributed by atoms with Gasteiger partial charge in [0.15, 0.2) is 13.2 Å². The van der Waals surface area contributed by atoms with Crippen LogP contribution in [0, 0.1) is 5.92 Å². The van der Waals surface area contributed by atoms with E-state index in [-0.39, 0.29) is 19.1 Å². The lowest BCUT2D eigenvalue weighted by Crippen LogP contribution is -2.32. The molecule has 0 saturated carbocycles. The van der Waals surface area contributed by atoms with Gasteiger partial charge in [-0.1, -0.05) is 62.4 Å². The SMILES string of the molecule is CC(C)CNC(=O)COC(=O)COc1ccccc1-c1ccccc1. The molecular formula is C20H23NO4. The fourth-order valence-electron chi connectivity index (χ4n) is 2.14. The Bertz CT molecular complexity index is 698.